The summed E-state index contributed by atoms with van der Waals surface area (Å²) in [7, 11) is 0. The van der Waals surface area contributed by atoms with Gasteiger partial charge in [-0.1, -0.05) is 6.92 Å². The van der Waals surface area contributed by atoms with Crippen LogP contribution in [0.4, 0.5) is 26.3 Å². The third kappa shape index (κ3) is 6.84. The standard InChI is InChI=1S/C18H26F6O4/c1-4-15(2,3)14(26)28-16(9-5-6-10-16)11-7-8-12(25)27-13(17(19,20)21)18(22,23)24/h13H,4-11H2,1-3H3. The van der Waals surface area contributed by atoms with Gasteiger partial charge in [-0.15, -0.1) is 0 Å². The van der Waals surface area contributed by atoms with Gasteiger partial charge < -0.3 is 9.47 Å². The molecule has 10 heteroatoms. The molecule has 1 aliphatic carbocycles. The zero-order chi connectivity index (χ0) is 21.8. The van der Waals surface area contributed by atoms with Gasteiger partial charge >= 0.3 is 24.3 Å². The first kappa shape index (κ1) is 24.6. The quantitative estimate of drug-likeness (QED) is 0.385. The highest BCUT2D eigenvalue weighted by Crippen LogP contribution is 2.40. The summed E-state index contributed by atoms with van der Waals surface area (Å²) < 4.78 is 83.9. The molecule has 0 atom stereocenters. The summed E-state index contributed by atoms with van der Waals surface area (Å²) in [6.07, 6.45) is -12.9. The van der Waals surface area contributed by atoms with Gasteiger partial charge in [0.1, 0.15) is 5.60 Å². The zero-order valence-electron chi connectivity index (χ0n) is 16.1. The minimum atomic E-state index is -5.73. The van der Waals surface area contributed by atoms with E-state index in [1.54, 1.807) is 13.8 Å². The number of rotatable bonds is 8. The minimum absolute atomic E-state index is 0.0406. The van der Waals surface area contributed by atoms with Gasteiger partial charge in [-0.2, -0.15) is 26.3 Å². The van der Waals surface area contributed by atoms with E-state index in [0.29, 0.717) is 19.3 Å². The Balaban J connectivity index is 2.65. The summed E-state index contributed by atoms with van der Waals surface area (Å²) >= 11 is 0. The van der Waals surface area contributed by atoms with E-state index < -0.39 is 47.8 Å². The van der Waals surface area contributed by atoms with E-state index in [-0.39, 0.29) is 12.8 Å². The van der Waals surface area contributed by atoms with Crippen LogP contribution in [0.3, 0.4) is 0 Å². The zero-order valence-corrected chi connectivity index (χ0v) is 16.1. The Bertz CT molecular complexity index is 533. The van der Waals surface area contributed by atoms with E-state index in [9.17, 15) is 35.9 Å². The predicted octanol–water partition coefficient (Wildman–Crippen LogP) is 5.49. The third-order valence-corrected chi connectivity index (χ3v) is 5.12. The van der Waals surface area contributed by atoms with Crippen LogP contribution in [0.15, 0.2) is 0 Å². The number of ether oxygens (including phenoxy) is 2. The van der Waals surface area contributed by atoms with Gasteiger partial charge in [0.25, 0.3) is 6.10 Å². The number of carbonyl (C=O) groups excluding carboxylic acids is 2. The molecule has 0 bridgehead atoms. The predicted molar refractivity (Wildman–Crippen MR) is 87.2 cm³/mol. The summed E-state index contributed by atoms with van der Waals surface area (Å²) in [6.45, 7) is 5.28. The van der Waals surface area contributed by atoms with E-state index >= 15 is 0 Å². The largest absolute Gasteiger partial charge is 0.459 e. The Hall–Kier alpha value is -1.48. The molecule has 164 valence electrons. The van der Waals surface area contributed by atoms with Crippen molar-refractivity contribution in [1.29, 1.82) is 0 Å². The van der Waals surface area contributed by atoms with Crippen LogP contribution in [0.25, 0.3) is 0 Å². The summed E-state index contributed by atoms with van der Waals surface area (Å²) in [5, 5.41) is 0. The third-order valence-electron chi connectivity index (χ3n) is 5.12. The first-order valence-corrected chi connectivity index (χ1v) is 9.19. The van der Waals surface area contributed by atoms with Crippen LogP contribution in [-0.4, -0.2) is 36.0 Å². The average molecular weight is 420 g/mol. The average Bonchev–Trinajstić information content (AvgIpc) is 2.99. The normalized spacial score (nSPS) is 17.6. The van der Waals surface area contributed by atoms with E-state index in [2.05, 4.69) is 4.74 Å². The maximum atomic E-state index is 12.4. The first-order valence-electron chi connectivity index (χ1n) is 9.19. The molecule has 0 N–H and O–H groups in total. The molecule has 0 unspecified atom stereocenters. The Kier molecular flexibility index (Phi) is 7.81. The molecule has 0 aromatic rings. The summed E-state index contributed by atoms with van der Waals surface area (Å²) in [6, 6.07) is 0. The second-order valence-electron chi connectivity index (χ2n) is 7.82. The maximum absolute atomic E-state index is 12.4. The van der Waals surface area contributed by atoms with Crippen molar-refractivity contribution in [3.8, 4) is 0 Å². The molecule has 0 saturated heterocycles. The summed E-state index contributed by atoms with van der Waals surface area (Å²) in [5.74, 6) is -2.00. The Morgan fingerprint density at radius 2 is 1.50 bits per heavy atom. The molecule has 0 amide bonds. The van der Waals surface area contributed by atoms with Crippen molar-refractivity contribution < 1.29 is 45.4 Å². The molecule has 4 nitrogen and oxygen atoms in total. The molecule has 0 aliphatic heterocycles. The van der Waals surface area contributed by atoms with Gasteiger partial charge in [0, 0.05) is 6.42 Å². The lowest BCUT2D eigenvalue weighted by Crippen LogP contribution is -2.45. The molecule has 0 radical (unpaired) electrons. The minimum Gasteiger partial charge on any atom is -0.459 e. The van der Waals surface area contributed by atoms with E-state index in [4.69, 9.17) is 4.74 Å². The second-order valence-corrected chi connectivity index (χ2v) is 7.82. The van der Waals surface area contributed by atoms with Crippen molar-refractivity contribution in [2.75, 3.05) is 0 Å². The Morgan fingerprint density at radius 1 is 1.00 bits per heavy atom. The molecule has 1 aliphatic rings. The van der Waals surface area contributed by atoms with Gasteiger partial charge in [0.2, 0.25) is 0 Å². The molecule has 1 fully saturated rings. The molecule has 0 spiro atoms. The SMILES string of the molecule is CCC(C)(C)C(=O)OC1(CCCC(=O)OC(C(F)(F)F)C(F)(F)F)CCCC1. The Morgan fingerprint density at radius 3 is 1.93 bits per heavy atom. The number of hydrogen-bond acceptors (Lipinski definition) is 4. The number of hydrogen-bond donors (Lipinski definition) is 0. The molecule has 0 heterocycles. The van der Waals surface area contributed by atoms with E-state index in [1.165, 1.54) is 0 Å². The monoisotopic (exact) mass is 420 g/mol. The molecular formula is C18H26F6O4. The number of esters is 2. The van der Waals surface area contributed by atoms with Crippen molar-refractivity contribution in [3.63, 3.8) is 0 Å². The summed E-state index contributed by atoms with van der Waals surface area (Å²) in [4.78, 5) is 23.9. The molecular weight excluding hydrogens is 394 g/mol. The topological polar surface area (TPSA) is 52.6 Å². The molecule has 1 rings (SSSR count). The fourth-order valence-corrected chi connectivity index (χ4v) is 2.97. The van der Waals surface area contributed by atoms with Crippen molar-refractivity contribution in [2.24, 2.45) is 5.41 Å². The van der Waals surface area contributed by atoms with E-state index in [0.717, 1.165) is 12.8 Å². The molecule has 1 saturated carbocycles. The smallest absolute Gasteiger partial charge is 0.434 e. The number of halogens is 6. The lowest BCUT2D eigenvalue weighted by Gasteiger charge is -2.33. The molecule has 28 heavy (non-hydrogen) atoms. The summed E-state index contributed by atoms with van der Waals surface area (Å²) in [5.41, 5.74) is -1.54. The Labute approximate surface area is 159 Å². The fourth-order valence-electron chi connectivity index (χ4n) is 2.97. The van der Waals surface area contributed by atoms with Crippen molar-refractivity contribution >= 4 is 11.9 Å². The van der Waals surface area contributed by atoms with Crippen molar-refractivity contribution in [3.05, 3.63) is 0 Å². The second kappa shape index (κ2) is 8.90. The van der Waals surface area contributed by atoms with Crippen LogP contribution in [0, 0.1) is 5.41 Å². The molecule has 0 aromatic carbocycles. The van der Waals surface area contributed by atoms with Gasteiger partial charge in [-0.25, -0.2) is 0 Å². The highest BCUT2D eigenvalue weighted by molar-refractivity contribution is 5.76. The maximum Gasteiger partial charge on any atom is 0.434 e. The van der Waals surface area contributed by atoms with Crippen LogP contribution in [0.2, 0.25) is 0 Å². The van der Waals surface area contributed by atoms with Crippen LogP contribution >= 0.6 is 0 Å². The highest BCUT2D eigenvalue weighted by atomic mass is 19.4. The molecule has 0 aromatic heterocycles. The number of carbonyl (C=O) groups is 2. The van der Waals surface area contributed by atoms with Crippen molar-refractivity contribution in [1.82, 2.24) is 0 Å². The van der Waals surface area contributed by atoms with Gasteiger partial charge in [-0.3, -0.25) is 9.59 Å². The van der Waals surface area contributed by atoms with Crippen LogP contribution in [0.5, 0.6) is 0 Å². The van der Waals surface area contributed by atoms with Gasteiger partial charge in [0.15, 0.2) is 0 Å². The first-order chi connectivity index (χ1) is 12.6. The highest BCUT2D eigenvalue weighted by Gasteiger charge is 2.59. The van der Waals surface area contributed by atoms with Crippen LogP contribution in [-0.2, 0) is 19.1 Å². The lowest BCUT2D eigenvalue weighted by molar-refractivity contribution is -0.313. The fraction of sp³-hybridized carbons (Fsp3) is 0.889. The van der Waals surface area contributed by atoms with Gasteiger partial charge in [-0.05, 0) is 58.8 Å². The van der Waals surface area contributed by atoms with Crippen molar-refractivity contribution in [2.45, 2.75) is 96.2 Å². The number of alkyl halides is 6. The van der Waals surface area contributed by atoms with Gasteiger partial charge in [0.05, 0.1) is 5.41 Å². The van der Waals surface area contributed by atoms with E-state index in [1.807, 2.05) is 6.92 Å². The van der Waals surface area contributed by atoms with Crippen LogP contribution in [0.1, 0.15) is 72.1 Å². The van der Waals surface area contributed by atoms with Crippen LogP contribution < -0.4 is 0 Å². The lowest BCUT2D eigenvalue weighted by atomic mass is 9.89.